The van der Waals surface area contributed by atoms with Gasteiger partial charge in [-0.2, -0.15) is 5.10 Å². The highest BCUT2D eigenvalue weighted by molar-refractivity contribution is 6.06. The van der Waals surface area contributed by atoms with Crippen LogP contribution in [0.25, 0.3) is 22.3 Å². The minimum absolute atomic E-state index is 0.0295. The second kappa shape index (κ2) is 10.4. The van der Waals surface area contributed by atoms with Gasteiger partial charge in [-0.3, -0.25) is 4.79 Å². The molecule has 4 heterocycles. The Balaban J connectivity index is 1.37. The molecule has 0 atom stereocenters. The minimum Gasteiger partial charge on any atom is -0.462 e. The van der Waals surface area contributed by atoms with Crippen LogP contribution in [0.4, 0.5) is 5.82 Å². The molecule has 0 N–H and O–H groups in total. The van der Waals surface area contributed by atoms with Crippen LogP contribution in [0.3, 0.4) is 0 Å². The summed E-state index contributed by atoms with van der Waals surface area (Å²) in [4.78, 5) is 39.0. The third-order valence-corrected chi connectivity index (χ3v) is 6.51. The Morgan fingerprint density at radius 1 is 1.00 bits per heavy atom. The van der Waals surface area contributed by atoms with Gasteiger partial charge in [0.05, 0.1) is 35.0 Å². The van der Waals surface area contributed by atoms with Crippen LogP contribution >= 0.6 is 0 Å². The van der Waals surface area contributed by atoms with Crippen LogP contribution in [0, 0.1) is 0 Å². The van der Waals surface area contributed by atoms with Gasteiger partial charge in [-0.05, 0) is 39.0 Å². The first-order chi connectivity index (χ1) is 18.0. The van der Waals surface area contributed by atoms with Gasteiger partial charge in [0.15, 0.2) is 5.65 Å². The second-order valence-corrected chi connectivity index (χ2v) is 9.25. The third-order valence-electron chi connectivity index (χ3n) is 6.51. The maximum atomic E-state index is 13.8. The van der Waals surface area contributed by atoms with E-state index < -0.39 is 0 Å². The van der Waals surface area contributed by atoms with Crippen molar-refractivity contribution >= 4 is 28.7 Å². The normalized spacial score (nSPS) is 13.8. The molecule has 37 heavy (non-hydrogen) atoms. The minimum atomic E-state index is -0.378. The lowest BCUT2D eigenvalue weighted by atomic mass is 10.1. The molecule has 1 amide bonds. The predicted octanol–water partition coefficient (Wildman–Crippen LogP) is 4.21. The Hall–Kier alpha value is -4.27. The summed E-state index contributed by atoms with van der Waals surface area (Å²) in [5.74, 6) is 0.366. The highest BCUT2D eigenvalue weighted by Crippen LogP contribution is 2.28. The Morgan fingerprint density at radius 2 is 1.76 bits per heavy atom. The summed E-state index contributed by atoms with van der Waals surface area (Å²) in [6, 6.07) is 15.4. The van der Waals surface area contributed by atoms with Crippen molar-refractivity contribution in [1.82, 2.24) is 24.6 Å². The number of anilines is 1. The van der Waals surface area contributed by atoms with Crippen LogP contribution in [0.1, 0.15) is 47.5 Å². The molecule has 1 saturated heterocycles. The van der Waals surface area contributed by atoms with Crippen LogP contribution in [-0.2, 0) is 4.74 Å². The van der Waals surface area contributed by atoms with Crippen LogP contribution in [-0.4, -0.2) is 69.3 Å². The number of hydrogen-bond acceptors (Lipinski definition) is 7. The number of pyridine rings is 2. The number of rotatable bonds is 6. The molecule has 0 saturated carbocycles. The SMILES string of the molecule is CCOC(=O)c1ccc(N2CCN(C(=O)c3cc(-c4ccccc4)nc4c3cnn4C(C)C)CC2)nc1. The Bertz CT molecular complexity index is 1410. The first-order valence-corrected chi connectivity index (χ1v) is 12.6. The maximum Gasteiger partial charge on any atom is 0.339 e. The van der Waals surface area contributed by atoms with E-state index in [1.165, 1.54) is 6.20 Å². The van der Waals surface area contributed by atoms with E-state index in [-0.39, 0.29) is 17.9 Å². The smallest absolute Gasteiger partial charge is 0.339 e. The molecule has 1 fully saturated rings. The van der Waals surface area contributed by atoms with E-state index in [1.54, 1.807) is 19.2 Å². The Morgan fingerprint density at radius 3 is 2.41 bits per heavy atom. The van der Waals surface area contributed by atoms with Gasteiger partial charge in [-0.15, -0.1) is 0 Å². The fourth-order valence-electron chi connectivity index (χ4n) is 4.55. The first kappa shape index (κ1) is 24.4. The molecule has 0 aliphatic carbocycles. The molecule has 190 valence electrons. The summed E-state index contributed by atoms with van der Waals surface area (Å²) in [6.45, 7) is 8.60. The first-order valence-electron chi connectivity index (χ1n) is 12.6. The fraction of sp³-hybridized carbons (Fsp3) is 0.321. The summed E-state index contributed by atoms with van der Waals surface area (Å²) in [6.07, 6.45) is 3.28. The average Bonchev–Trinajstić information content (AvgIpc) is 3.37. The van der Waals surface area contributed by atoms with Crippen molar-refractivity contribution < 1.29 is 14.3 Å². The molecule has 1 aliphatic heterocycles. The highest BCUT2D eigenvalue weighted by Gasteiger charge is 2.26. The van der Waals surface area contributed by atoms with Crippen molar-refractivity contribution in [2.45, 2.75) is 26.8 Å². The van der Waals surface area contributed by atoms with E-state index >= 15 is 0 Å². The summed E-state index contributed by atoms with van der Waals surface area (Å²) < 4.78 is 6.89. The van der Waals surface area contributed by atoms with Gasteiger partial charge in [-0.1, -0.05) is 30.3 Å². The van der Waals surface area contributed by atoms with E-state index in [4.69, 9.17) is 9.72 Å². The van der Waals surface area contributed by atoms with Crippen molar-refractivity contribution in [2.75, 3.05) is 37.7 Å². The van der Waals surface area contributed by atoms with E-state index in [0.717, 1.165) is 22.5 Å². The van der Waals surface area contributed by atoms with Crippen molar-refractivity contribution in [2.24, 2.45) is 0 Å². The Kier molecular flexibility index (Phi) is 6.85. The van der Waals surface area contributed by atoms with Gasteiger partial charge in [0.2, 0.25) is 0 Å². The zero-order chi connectivity index (χ0) is 25.9. The third kappa shape index (κ3) is 4.89. The zero-order valence-corrected chi connectivity index (χ0v) is 21.3. The molecule has 9 heteroatoms. The number of aromatic nitrogens is 4. The summed E-state index contributed by atoms with van der Waals surface area (Å²) >= 11 is 0. The molecule has 1 aromatic carbocycles. The molecular formula is C28H30N6O3. The number of amides is 1. The molecule has 4 aromatic rings. The number of piperazine rings is 1. The van der Waals surface area contributed by atoms with E-state index in [9.17, 15) is 9.59 Å². The predicted molar refractivity (Wildman–Crippen MR) is 142 cm³/mol. The lowest BCUT2D eigenvalue weighted by Crippen LogP contribution is -2.49. The van der Waals surface area contributed by atoms with Crippen molar-refractivity contribution in [3.8, 4) is 11.3 Å². The lowest BCUT2D eigenvalue weighted by molar-refractivity contribution is 0.0525. The molecule has 1 aliphatic rings. The standard InChI is InChI=1S/C28H30N6O3/c1-4-37-28(36)21-10-11-25(29-17-21)32-12-14-33(15-13-32)27(35)22-16-24(20-8-6-5-7-9-20)31-26-23(22)18-30-34(26)19(2)3/h5-11,16-19H,4,12-15H2,1-3H3. The molecule has 3 aromatic heterocycles. The monoisotopic (exact) mass is 498 g/mol. The van der Waals surface area contributed by atoms with Gasteiger partial charge in [0, 0.05) is 44.0 Å². The summed E-state index contributed by atoms with van der Waals surface area (Å²) in [7, 11) is 0. The van der Waals surface area contributed by atoms with E-state index in [2.05, 4.69) is 28.8 Å². The molecular weight excluding hydrogens is 468 g/mol. The number of esters is 1. The van der Waals surface area contributed by atoms with Gasteiger partial charge < -0.3 is 14.5 Å². The van der Waals surface area contributed by atoms with Gasteiger partial charge >= 0.3 is 5.97 Å². The van der Waals surface area contributed by atoms with Crippen molar-refractivity contribution in [3.05, 3.63) is 72.1 Å². The van der Waals surface area contributed by atoms with Crippen molar-refractivity contribution in [1.29, 1.82) is 0 Å². The van der Waals surface area contributed by atoms with Crippen LogP contribution in [0.2, 0.25) is 0 Å². The van der Waals surface area contributed by atoms with E-state index in [1.807, 2.05) is 52.0 Å². The zero-order valence-electron chi connectivity index (χ0n) is 21.3. The van der Waals surface area contributed by atoms with Crippen LogP contribution < -0.4 is 4.90 Å². The topological polar surface area (TPSA) is 93.5 Å². The molecule has 0 bridgehead atoms. The fourth-order valence-corrected chi connectivity index (χ4v) is 4.55. The lowest BCUT2D eigenvalue weighted by Gasteiger charge is -2.35. The summed E-state index contributed by atoms with van der Waals surface area (Å²) in [5.41, 5.74) is 3.46. The molecule has 5 rings (SSSR count). The van der Waals surface area contributed by atoms with Crippen LogP contribution in [0.15, 0.2) is 60.9 Å². The molecule has 9 nitrogen and oxygen atoms in total. The number of hydrogen-bond donors (Lipinski definition) is 0. The average molecular weight is 499 g/mol. The van der Waals surface area contributed by atoms with Gasteiger partial charge in [0.1, 0.15) is 5.82 Å². The molecule has 0 unspecified atom stereocenters. The summed E-state index contributed by atoms with van der Waals surface area (Å²) in [5, 5.41) is 5.30. The number of ether oxygens (including phenoxy) is 1. The molecule has 0 radical (unpaired) electrons. The quantitative estimate of drug-likeness (QED) is 0.368. The second-order valence-electron chi connectivity index (χ2n) is 9.25. The van der Waals surface area contributed by atoms with Gasteiger partial charge in [-0.25, -0.2) is 19.4 Å². The van der Waals surface area contributed by atoms with E-state index in [0.29, 0.717) is 49.6 Å². The largest absolute Gasteiger partial charge is 0.462 e. The highest BCUT2D eigenvalue weighted by atomic mass is 16.5. The van der Waals surface area contributed by atoms with Crippen LogP contribution in [0.5, 0.6) is 0 Å². The number of benzene rings is 1. The maximum absolute atomic E-state index is 13.8. The number of carbonyl (C=O) groups is 2. The number of fused-ring (bicyclic) bond motifs is 1. The molecule has 0 spiro atoms. The number of nitrogens with zero attached hydrogens (tertiary/aromatic N) is 6. The van der Waals surface area contributed by atoms with Gasteiger partial charge in [0.25, 0.3) is 5.91 Å². The number of carbonyl (C=O) groups excluding carboxylic acids is 2. The van der Waals surface area contributed by atoms with Crippen molar-refractivity contribution in [3.63, 3.8) is 0 Å². The Labute approximate surface area is 215 Å².